The molecule has 0 bridgehead atoms. The van der Waals surface area contributed by atoms with Crippen molar-refractivity contribution in [2.24, 2.45) is 5.92 Å². The third kappa shape index (κ3) is 5.03. The summed E-state index contributed by atoms with van der Waals surface area (Å²) in [6, 6.07) is 9.52. The summed E-state index contributed by atoms with van der Waals surface area (Å²) in [5.74, 6) is 0.175. The standard InChI is InChI=1S/C16H25NO2/c1-4-13(5-2)16(19)17-12(3)11-15(18)14-9-7-6-8-10-14/h6-10,12-13,15,18H,4-5,11H2,1-3H3,(H,17,19). The molecule has 0 aliphatic heterocycles. The number of hydrogen-bond acceptors (Lipinski definition) is 2. The van der Waals surface area contributed by atoms with Gasteiger partial charge >= 0.3 is 0 Å². The second-order valence-electron chi connectivity index (χ2n) is 5.09. The molecule has 1 aromatic carbocycles. The zero-order valence-corrected chi connectivity index (χ0v) is 12.1. The molecule has 0 saturated carbocycles. The summed E-state index contributed by atoms with van der Waals surface area (Å²) in [5.41, 5.74) is 0.895. The van der Waals surface area contributed by atoms with E-state index in [0.717, 1.165) is 18.4 Å². The molecule has 0 saturated heterocycles. The SMILES string of the molecule is CCC(CC)C(=O)NC(C)CC(O)c1ccccc1. The second-order valence-corrected chi connectivity index (χ2v) is 5.09. The summed E-state index contributed by atoms with van der Waals surface area (Å²) >= 11 is 0. The van der Waals surface area contributed by atoms with Crippen LogP contribution in [0.4, 0.5) is 0 Å². The second kappa shape index (κ2) is 7.95. The van der Waals surface area contributed by atoms with Crippen LogP contribution in [-0.2, 0) is 4.79 Å². The highest BCUT2D eigenvalue weighted by molar-refractivity contribution is 5.78. The molecule has 0 heterocycles. The quantitative estimate of drug-likeness (QED) is 0.794. The Labute approximate surface area is 116 Å². The largest absolute Gasteiger partial charge is 0.388 e. The maximum atomic E-state index is 11.9. The van der Waals surface area contributed by atoms with Crippen molar-refractivity contribution in [2.45, 2.75) is 52.2 Å². The van der Waals surface area contributed by atoms with Crippen LogP contribution in [0.3, 0.4) is 0 Å². The molecule has 1 aromatic rings. The molecule has 2 unspecified atom stereocenters. The van der Waals surface area contributed by atoms with Crippen LogP contribution in [0.2, 0.25) is 0 Å². The number of benzene rings is 1. The summed E-state index contributed by atoms with van der Waals surface area (Å²) in [5, 5.41) is 13.1. The van der Waals surface area contributed by atoms with E-state index in [1.807, 2.05) is 51.1 Å². The zero-order valence-electron chi connectivity index (χ0n) is 12.1. The Balaban J connectivity index is 2.47. The summed E-state index contributed by atoms with van der Waals surface area (Å²) in [6.07, 6.45) is 1.72. The lowest BCUT2D eigenvalue weighted by atomic mass is 10.00. The summed E-state index contributed by atoms with van der Waals surface area (Å²) in [4.78, 5) is 11.9. The van der Waals surface area contributed by atoms with Gasteiger partial charge in [-0.25, -0.2) is 0 Å². The van der Waals surface area contributed by atoms with Crippen molar-refractivity contribution in [3.63, 3.8) is 0 Å². The van der Waals surface area contributed by atoms with E-state index in [2.05, 4.69) is 5.32 Å². The minimum absolute atomic E-state index is 0.0247. The fourth-order valence-electron chi connectivity index (χ4n) is 2.23. The fraction of sp³-hybridized carbons (Fsp3) is 0.562. The predicted octanol–water partition coefficient (Wildman–Crippen LogP) is 3.05. The molecule has 0 spiro atoms. The van der Waals surface area contributed by atoms with Crippen LogP contribution in [0.25, 0.3) is 0 Å². The average Bonchev–Trinajstić information content (AvgIpc) is 2.40. The molecule has 1 amide bonds. The molecule has 1 rings (SSSR count). The lowest BCUT2D eigenvalue weighted by molar-refractivity contribution is -0.126. The molecule has 0 aliphatic carbocycles. The van der Waals surface area contributed by atoms with Gasteiger partial charge in [-0.2, -0.15) is 0 Å². The van der Waals surface area contributed by atoms with E-state index in [1.54, 1.807) is 0 Å². The summed E-state index contributed by atoms with van der Waals surface area (Å²) < 4.78 is 0. The van der Waals surface area contributed by atoms with Gasteiger partial charge in [0.1, 0.15) is 0 Å². The Bertz CT molecular complexity index is 374. The van der Waals surface area contributed by atoms with E-state index < -0.39 is 6.10 Å². The Kier molecular flexibility index (Phi) is 6.57. The van der Waals surface area contributed by atoms with Gasteiger partial charge in [-0.05, 0) is 31.7 Å². The highest BCUT2D eigenvalue weighted by atomic mass is 16.3. The molecule has 3 heteroatoms. The number of aliphatic hydroxyl groups excluding tert-OH is 1. The summed E-state index contributed by atoms with van der Waals surface area (Å²) in [6.45, 7) is 5.99. The van der Waals surface area contributed by atoms with Gasteiger partial charge < -0.3 is 10.4 Å². The first-order valence-electron chi connectivity index (χ1n) is 7.11. The van der Waals surface area contributed by atoms with Gasteiger partial charge in [0.25, 0.3) is 0 Å². The van der Waals surface area contributed by atoms with Crippen LogP contribution < -0.4 is 5.32 Å². The number of carbonyl (C=O) groups is 1. The number of amides is 1. The Morgan fingerprint density at radius 2 is 1.79 bits per heavy atom. The van der Waals surface area contributed by atoms with Gasteiger partial charge in [0, 0.05) is 12.0 Å². The van der Waals surface area contributed by atoms with Crippen molar-refractivity contribution in [3.05, 3.63) is 35.9 Å². The van der Waals surface area contributed by atoms with Gasteiger partial charge in [0.15, 0.2) is 0 Å². The third-order valence-corrected chi connectivity index (χ3v) is 3.51. The van der Waals surface area contributed by atoms with E-state index in [1.165, 1.54) is 0 Å². The van der Waals surface area contributed by atoms with E-state index in [0.29, 0.717) is 6.42 Å². The van der Waals surface area contributed by atoms with Crippen molar-refractivity contribution < 1.29 is 9.90 Å². The van der Waals surface area contributed by atoms with Crippen LogP contribution in [-0.4, -0.2) is 17.1 Å². The van der Waals surface area contributed by atoms with E-state index >= 15 is 0 Å². The van der Waals surface area contributed by atoms with Crippen molar-refractivity contribution in [3.8, 4) is 0 Å². The van der Waals surface area contributed by atoms with Crippen molar-refractivity contribution in [1.29, 1.82) is 0 Å². The molecular formula is C16H25NO2. The van der Waals surface area contributed by atoms with Gasteiger partial charge in [-0.15, -0.1) is 0 Å². The maximum Gasteiger partial charge on any atom is 0.223 e. The Morgan fingerprint density at radius 1 is 1.21 bits per heavy atom. The van der Waals surface area contributed by atoms with Crippen LogP contribution in [0.1, 0.15) is 51.7 Å². The average molecular weight is 263 g/mol. The molecule has 0 aromatic heterocycles. The molecule has 0 fully saturated rings. The van der Waals surface area contributed by atoms with E-state index in [9.17, 15) is 9.90 Å². The number of rotatable bonds is 7. The Morgan fingerprint density at radius 3 is 2.32 bits per heavy atom. The van der Waals surface area contributed by atoms with E-state index in [4.69, 9.17) is 0 Å². The number of hydrogen-bond donors (Lipinski definition) is 2. The first kappa shape index (κ1) is 15.7. The molecule has 0 radical (unpaired) electrons. The highest BCUT2D eigenvalue weighted by Crippen LogP contribution is 2.18. The van der Waals surface area contributed by atoms with Crippen LogP contribution in [0.5, 0.6) is 0 Å². The minimum atomic E-state index is -0.529. The van der Waals surface area contributed by atoms with Crippen molar-refractivity contribution >= 4 is 5.91 Å². The predicted molar refractivity (Wildman–Crippen MR) is 77.7 cm³/mol. The monoisotopic (exact) mass is 263 g/mol. The van der Waals surface area contributed by atoms with E-state index in [-0.39, 0.29) is 17.9 Å². The molecular weight excluding hydrogens is 238 g/mol. The lowest BCUT2D eigenvalue weighted by Crippen LogP contribution is -2.37. The molecule has 2 N–H and O–H groups in total. The normalized spacial score (nSPS) is 14.2. The molecule has 2 atom stereocenters. The van der Waals surface area contributed by atoms with Crippen LogP contribution in [0.15, 0.2) is 30.3 Å². The van der Waals surface area contributed by atoms with Crippen molar-refractivity contribution in [2.75, 3.05) is 0 Å². The third-order valence-electron chi connectivity index (χ3n) is 3.51. The molecule has 106 valence electrons. The molecule has 0 aliphatic rings. The van der Waals surface area contributed by atoms with Crippen molar-refractivity contribution in [1.82, 2.24) is 5.32 Å². The number of aliphatic hydroxyl groups is 1. The summed E-state index contributed by atoms with van der Waals surface area (Å²) in [7, 11) is 0. The van der Waals surface area contributed by atoms with Crippen LogP contribution in [0, 0.1) is 5.92 Å². The first-order chi connectivity index (χ1) is 9.08. The first-order valence-corrected chi connectivity index (χ1v) is 7.11. The number of nitrogens with one attached hydrogen (secondary N) is 1. The number of carbonyl (C=O) groups excluding carboxylic acids is 1. The van der Waals surface area contributed by atoms with Gasteiger partial charge in [0.2, 0.25) is 5.91 Å². The van der Waals surface area contributed by atoms with Gasteiger partial charge in [-0.1, -0.05) is 44.2 Å². The smallest absolute Gasteiger partial charge is 0.223 e. The lowest BCUT2D eigenvalue weighted by Gasteiger charge is -2.21. The Hall–Kier alpha value is -1.35. The molecule has 19 heavy (non-hydrogen) atoms. The highest BCUT2D eigenvalue weighted by Gasteiger charge is 2.18. The van der Waals surface area contributed by atoms with Gasteiger partial charge in [-0.3, -0.25) is 4.79 Å². The zero-order chi connectivity index (χ0) is 14.3. The van der Waals surface area contributed by atoms with Crippen LogP contribution >= 0.6 is 0 Å². The van der Waals surface area contributed by atoms with Gasteiger partial charge in [0.05, 0.1) is 6.10 Å². The topological polar surface area (TPSA) is 49.3 Å². The minimum Gasteiger partial charge on any atom is -0.388 e. The fourth-order valence-corrected chi connectivity index (χ4v) is 2.23. The molecule has 3 nitrogen and oxygen atoms in total. The maximum absolute atomic E-state index is 11.9.